The van der Waals surface area contributed by atoms with Crippen LogP contribution in [0.15, 0.2) is 60.8 Å². The average molecular weight is 642 g/mol. The van der Waals surface area contributed by atoms with E-state index in [9.17, 15) is 26.3 Å². The molecule has 0 atom stereocenters. The molecule has 2 fully saturated rings. The molecule has 46 heavy (non-hydrogen) atoms. The summed E-state index contributed by atoms with van der Waals surface area (Å²) in [5, 5.41) is 17.5. The zero-order valence-corrected chi connectivity index (χ0v) is 24.7. The molecule has 2 saturated carbocycles. The Morgan fingerprint density at radius 2 is 1.48 bits per heavy atom. The number of hydrogen-bond acceptors (Lipinski definition) is 7. The average Bonchev–Trinajstić information content (AvgIpc) is 3.95. The highest BCUT2D eigenvalue weighted by molar-refractivity contribution is 5.77. The molecule has 0 unspecified atom stereocenters. The maximum Gasteiger partial charge on any atom is 0.416 e. The Labute approximate surface area is 259 Å². The molecule has 7 rings (SSSR count). The number of halogens is 6. The summed E-state index contributed by atoms with van der Waals surface area (Å²) < 4.78 is 83.9. The van der Waals surface area contributed by atoms with Crippen LogP contribution in [0.2, 0.25) is 0 Å². The second kappa shape index (κ2) is 11.4. The van der Waals surface area contributed by atoms with Crippen LogP contribution in [0.4, 0.5) is 32.3 Å². The molecule has 0 amide bonds. The smallest absolute Gasteiger partial charge is 0.329 e. The fraction of sp³-hybridized carbons (Fsp3) is 0.387. The van der Waals surface area contributed by atoms with Gasteiger partial charge in [-0.25, -0.2) is 9.67 Å². The van der Waals surface area contributed by atoms with E-state index in [-0.39, 0.29) is 30.7 Å². The van der Waals surface area contributed by atoms with E-state index in [0.717, 1.165) is 60.1 Å². The maximum atomic E-state index is 13.7. The van der Waals surface area contributed by atoms with Crippen molar-refractivity contribution in [3.63, 3.8) is 0 Å². The molecular formula is C31H29F6N9. The van der Waals surface area contributed by atoms with Crippen molar-refractivity contribution in [2.24, 2.45) is 7.05 Å². The summed E-state index contributed by atoms with van der Waals surface area (Å²) >= 11 is 0. The topological polar surface area (TPSA) is 80.8 Å². The highest BCUT2D eigenvalue weighted by Gasteiger charge is 2.40. The Balaban J connectivity index is 1.31. The van der Waals surface area contributed by atoms with Crippen LogP contribution in [0.5, 0.6) is 0 Å². The van der Waals surface area contributed by atoms with Gasteiger partial charge >= 0.3 is 12.4 Å². The lowest BCUT2D eigenvalue weighted by atomic mass is 10.0. The van der Waals surface area contributed by atoms with Gasteiger partial charge in [0.25, 0.3) is 5.95 Å². The van der Waals surface area contributed by atoms with E-state index in [4.69, 9.17) is 4.98 Å². The standard InChI is InChI=1S/C31H29F6N9/c1-43-41-29(40-42-43)44(16-19-11-22(30(32,33)34)14-23(12-19)31(35,36)37)17-21-13-20-15-38-46(26-5-3-2-4-6-26)28(20)39-27(21)18-45(24-7-8-24)25-9-10-25/h2-6,11-15,24-25H,7-10,16-18H2,1H3. The Morgan fingerprint density at radius 3 is 2.04 bits per heavy atom. The zero-order valence-electron chi connectivity index (χ0n) is 24.7. The number of pyridine rings is 1. The van der Waals surface area contributed by atoms with Crippen LogP contribution in [0.1, 0.15) is 53.6 Å². The Kier molecular flexibility index (Phi) is 7.45. The molecule has 0 aliphatic heterocycles. The quantitative estimate of drug-likeness (QED) is 0.165. The van der Waals surface area contributed by atoms with E-state index < -0.39 is 23.5 Å². The molecule has 0 spiro atoms. The molecule has 0 radical (unpaired) electrons. The summed E-state index contributed by atoms with van der Waals surface area (Å²) in [4.78, 5) is 10.3. The number of benzene rings is 2. The molecule has 15 heteroatoms. The fourth-order valence-corrected chi connectivity index (χ4v) is 5.75. The van der Waals surface area contributed by atoms with Gasteiger partial charge in [-0.1, -0.05) is 23.3 Å². The minimum atomic E-state index is -4.97. The van der Waals surface area contributed by atoms with E-state index in [1.165, 1.54) is 16.7 Å². The number of hydrogen-bond donors (Lipinski definition) is 0. The third-order valence-corrected chi connectivity index (χ3v) is 8.24. The van der Waals surface area contributed by atoms with Gasteiger partial charge in [0.05, 0.1) is 35.8 Å². The molecule has 0 N–H and O–H groups in total. The first-order chi connectivity index (χ1) is 21.9. The lowest BCUT2D eigenvalue weighted by molar-refractivity contribution is -0.143. The molecule has 2 aromatic carbocycles. The molecule has 9 nitrogen and oxygen atoms in total. The number of anilines is 1. The third-order valence-electron chi connectivity index (χ3n) is 8.24. The summed E-state index contributed by atoms with van der Waals surface area (Å²) in [5.74, 6) is 0.0562. The molecule has 0 saturated heterocycles. The van der Waals surface area contributed by atoms with Crippen LogP contribution in [-0.2, 0) is 39.0 Å². The largest absolute Gasteiger partial charge is 0.416 e. The van der Waals surface area contributed by atoms with Crippen molar-refractivity contribution in [3.05, 3.63) is 88.7 Å². The second-order valence-corrected chi connectivity index (χ2v) is 11.9. The van der Waals surface area contributed by atoms with Crippen molar-refractivity contribution >= 4 is 17.0 Å². The number of nitrogens with zero attached hydrogens (tertiary/aromatic N) is 9. The summed E-state index contributed by atoms with van der Waals surface area (Å²) in [7, 11) is 1.53. The van der Waals surface area contributed by atoms with Crippen molar-refractivity contribution in [1.82, 2.24) is 39.9 Å². The van der Waals surface area contributed by atoms with Crippen LogP contribution in [0.3, 0.4) is 0 Å². The van der Waals surface area contributed by atoms with Gasteiger partial charge in [-0.3, -0.25) is 4.90 Å². The highest BCUT2D eigenvalue weighted by atomic mass is 19.4. The van der Waals surface area contributed by atoms with Crippen molar-refractivity contribution in [1.29, 1.82) is 0 Å². The predicted molar refractivity (Wildman–Crippen MR) is 156 cm³/mol. The molecule has 2 aliphatic carbocycles. The van der Waals surface area contributed by atoms with Crippen LogP contribution >= 0.6 is 0 Å². The van der Waals surface area contributed by atoms with Crippen LogP contribution in [0, 0.1) is 0 Å². The molecule has 0 bridgehead atoms. The molecule has 240 valence electrons. The van der Waals surface area contributed by atoms with Gasteiger partial charge in [-0.05, 0) is 78.4 Å². The number of aromatic nitrogens is 7. The van der Waals surface area contributed by atoms with Gasteiger partial charge < -0.3 is 4.90 Å². The summed E-state index contributed by atoms with van der Waals surface area (Å²) in [5.41, 5.74) is 0.00477. The van der Waals surface area contributed by atoms with E-state index in [0.29, 0.717) is 24.3 Å². The molecular weight excluding hydrogens is 612 g/mol. The van der Waals surface area contributed by atoms with Gasteiger partial charge in [0.2, 0.25) is 0 Å². The molecule has 3 aromatic heterocycles. The highest BCUT2D eigenvalue weighted by Crippen LogP contribution is 2.40. The molecule has 5 aromatic rings. The number of rotatable bonds is 10. The summed E-state index contributed by atoms with van der Waals surface area (Å²) in [6.07, 6.45) is -3.85. The van der Waals surface area contributed by atoms with Crippen molar-refractivity contribution in [3.8, 4) is 5.69 Å². The molecule has 2 aliphatic rings. The third kappa shape index (κ3) is 6.41. The lowest BCUT2D eigenvalue weighted by Crippen LogP contribution is -2.30. The SMILES string of the molecule is Cn1nnc(N(Cc2cc(C(F)(F)F)cc(C(F)(F)F)c2)Cc2cc3cnn(-c4ccccc4)c3nc2CN(C2CC2)C2CC2)n1. The van der Waals surface area contributed by atoms with E-state index >= 15 is 0 Å². The van der Waals surface area contributed by atoms with Gasteiger partial charge in [-0.2, -0.15) is 36.2 Å². The first kappa shape index (κ1) is 30.1. The predicted octanol–water partition coefficient (Wildman–Crippen LogP) is 6.32. The van der Waals surface area contributed by atoms with Crippen LogP contribution < -0.4 is 4.90 Å². The van der Waals surface area contributed by atoms with Gasteiger partial charge in [0.1, 0.15) is 0 Å². The Bertz CT molecular complexity index is 1810. The second-order valence-electron chi connectivity index (χ2n) is 11.9. The van der Waals surface area contributed by atoms with Crippen LogP contribution in [0.25, 0.3) is 16.7 Å². The van der Waals surface area contributed by atoms with E-state index in [2.05, 4.69) is 25.4 Å². The number of fused-ring (bicyclic) bond motifs is 1. The number of para-hydroxylation sites is 1. The van der Waals surface area contributed by atoms with Crippen molar-refractivity contribution in [2.45, 2.75) is 69.8 Å². The minimum Gasteiger partial charge on any atom is -0.329 e. The monoisotopic (exact) mass is 641 g/mol. The Morgan fingerprint density at radius 1 is 0.826 bits per heavy atom. The first-order valence-corrected chi connectivity index (χ1v) is 14.9. The summed E-state index contributed by atoms with van der Waals surface area (Å²) in [6, 6.07) is 14.0. The molecule has 3 heterocycles. The van der Waals surface area contributed by atoms with Gasteiger partial charge in [0.15, 0.2) is 5.65 Å². The fourth-order valence-electron chi connectivity index (χ4n) is 5.75. The van der Waals surface area contributed by atoms with Gasteiger partial charge in [0, 0.05) is 37.1 Å². The van der Waals surface area contributed by atoms with E-state index in [1.54, 1.807) is 10.9 Å². The minimum absolute atomic E-state index is 0.0562. The number of tetrazole rings is 1. The van der Waals surface area contributed by atoms with Gasteiger partial charge in [-0.15, -0.1) is 5.10 Å². The van der Waals surface area contributed by atoms with Crippen molar-refractivity contribution in [2.75, 3.05) is 4.90 Å². The first-order valence-electron chi connectivity index (χ1n) is 14.9. The number of alkyl halides is 6. The maximum absolute atomic E-state index is 13.7. The van der Waals surface area contributed by atoms with E-state index in [1.807, 2.05) is 36.4 Å². The lowest BCUT2D eigenvalue weighted by Gasteiger charge is -2.26. The normalized spacial score (nSPS) is 15.7. The number of aryl methyl sites for hydroxylation is 1. The van der Waals surface area contributed by atoms with Crippen LogP contribution in [-0.4, -0.2) is 52.0 Å². The Hall–Kier alpha value is -4.53. The summed E-state index contributed by atoms with van der Waals surface area (Å²) in [6.45, 7) is 0.264. The zero-order chi connectivity index (χ0) is 32.2. The van der Waals surface area contributed by atoms with Crippen molar-refractivity contribution < 1.29 is 26.3 Å².